The summed E-state index contributed by atoms with van der Waals surface area (Å²) in [6, 6.07) is 13.1. The minimum absolute atomic E-state index is 0.0901. The van der Waals surface area contributed by atoms with E-state index in [1.165, 1.54) is 12.8 Å². The molecule has 2 aromatic rings. The first-order valence-corrected chi connectivity index (χ1v) is 12.2. The molecule has 0 fully saturated rings. The summed E-state index contributed by atoms with van der Waals surface area (Å²) in [6.45, 7) is 2.17. The lowest BCUT2D eigenvalue weighted by Gasteiger charge is -2.08. The first-order valence-electron chi connectivity index (χ1n) is 11.4. The van der Waals surface area contributed by atoms with Crippen molar-refractivity contribution < 1.29 is 28.7 Å². The lowest BCUT2D eigenvalue weighted by Crippen LogP contribution is -2.17. The highest BCUT2D eigenvalue weighted by molar-refractivity contribution is 9.10. The van der Waals surface area contributed by atoms with Crippen molar-refractivity contribution in [3.05, 3.63) is 64.1 Å². The molecule has 182 valence electrons. The van der Waals surface area contributed by atoms with Gasteiger partial charge in [0.05, 0.1) is 18.6 Å². The van der Waals surface area contributed by atoms with Crippen LogP contribution >= 0.6 is 15.9 Å². The van der Waals surface area contributed by atoms with Gasteiger partial charge in [0, 0.05) is 22.1 Å². The monoisotopic (exact) mass is 531 g/mol. The summed E-state index contributed by atoms with van der Waals surface area (Å²) in [5.74, 6) is -1.72. The molecule has 0 saturated heterocycles. The maximum absolute atomic E-state index is 12.1. The van der Waals surface area contributed by atoms with Gasteiger partial charge < -0.3 is 14.8 Å². The Bertz CT molecular complexity index is 956. The van der Waals surface area contributed by atoms with Gasteiger partial charge in [0.15, 0.2) is 12.4 Å². The number of esters is 2. The molecule has 0 spiro atoms. The third-order valence-electron chi connectivity index (χ3n) is 4.97. The van der Waals surface area contributed by atoms with E-state index in [4.69, 9.17) is 9.47 Å². The second-order valence-electron chi connectivity index (χ2n) is 7.77. The average molecular weight is 532 g/mol. The maximum atomic E-state index is 12.1. The molecule has 0 aliphatic carbocycles. The highest BCUT2D eigenvalue weighted by atomic mass is 79.9. The van der Waals surface area contributed by atoms with Gasteiger partial charge in [0.2, 0.25) is 5.91 Å². The molecule has 0 aliphatic heterocycles. The molecule has 8 heteroatoms. The largest absolute Gasteiger partial charge is 0.462 e. The van der Waals surface area contributed by atoms with Crippen molar-refractivity contribution in [2.75, 3.05) is 18.5 Å². The van der Waals surface area contributed by atoms with E-state index in [1.807, 2.05) is 0 Å². The number of carbonyl (C=O) groups is 4. The Hall–Kier alpha value is -3.00. The van der Waals surface area contributed by atoms with Crippen LogP contribution in [-0.2, 0) is 19.1 Å². The fourth-order valence-corrected chi connectivity index (χ4v) is 3.28. The van der Waals surface area contributed by atoms with E-state index < -0.39 is 11.9 Å². The Morgan fingerprint density at radius 3 is 2.12 bits per heavy atom. The van der Waals surface area contributed by atoms with E-state index in [-0.39, 0.29) is 31.1 Å². The topological polar surface area (TPSA) is 98.8 Å². The third-order valence-corrected chi connectivity index (χ3v) is 5.50. The Morgan fingerprint density at radius 1 is 0.794 bits per heavy atom. The number of ketones is 1. The minimum Gasteiger partial charge on any atom is -0.462 e. The summed E-state index contributed by atoms with van der Waals surface area (Å²) in [5, 5.41) is 2.66. The fourth-order valence-electron chi connectivity index (χ4n) is 3.02. The molecular weight excluding hydrogens is 502 g/mol. The number of amides is 1. The van der Waals surface area contributed by atoms with Crippen molar-refractivity contribution in [2.45, 2.75) is 51.9 Å². The Kier molecular flexibility index (Phi) is 12.0. The highest BCUT2D eigenvalue weighted by Gasteiger charge is 2.13. The SMILES string of the molecule is CCCCCCCOC(=O)c1ccc(NC(=O)CCC(=O)OCC(=O)c2ccc(Br)cc2)cc1. The second kappa shape index (κ2) is 15.0. The number of rotatable bonds is 14. The minimum atomic E-state index is -0.631. The normalized spacial score (nSPS) is 10.4. The van der Waals surface area contributed by atoms with E-state index in [0.717, 1.165) is 23.7 Å². The van der Waals surface area contributed by atoms with Gasteiger partial charge in [-0.3, -0.25) is 14.4 Å². The predicted molar refractivity (Wildman–Crippen MR) is 133 cm³/mol. The number of hydrogen-bond donors (Lipinski definition) is 1. The maximum Gasteiger partial charge on any atom is 0.338 e. The smallest absolute Gasteiger partial charge is 0.338 e. The lowest BCUT2D eigenvalue weighted by atomic mass is 10.1. The second-order valence-corrected chi connectivity index (χ2v) is 8.68. The first-order chi connectivity index (χ1) is 16.4. The van der Waals surface area contributed by atoms with Crippen molar-refractivity contribution in [1.82, 2.24) is 0 Å². The van der Waals surface area contributed by atoms with Gasteiger partial charge in [-0.1, -0.05) is 60.7 Å². The number of hydrogen-bond acceptors (Lipinski definition) is 6. The molecule has 2 rings (SSSR count). The highest BCUT2D eigenvalue weighted by Crippen LogP contribution is 2.13. The van der Waals surface area contributed by atoms with Crippen molar-refractivity contribution in [3.63, 3.8) is 0 Å². The predicted octanol–water partition coefficient (Wildman–Crippen LogP) is 5.72. The van der Waals surface area contributed by atoms with Crippen LogP contribution < -0.4 is 5.32 Å². The Balaban J connectivity index is 1.66. The van der Waals surface area contributed by atoms with Gasteiger partial charge in [-0.2, -0.15) is 0 Å². The quantitative estimate of drug-likeness (QED) is 0.190. The summed E-state index contributed by atoms with van der Waals surface area (Å²) >= 11 is 3.29. The van der Waals surface area contributed by atoms with Gasteiger partial charge in [0.25, 0.3) is 0 Å². The number of nitrogens with one attached hydrogen (secondary N) is 1. The molecule has 0 unspecified atom stereocenters. The van der Waals surface area contributed by atoms with Gasteiger partial charge in [0.1, 0.15) is 0 Å². The van der Waals surface area contributed by atoms with Crippen LogP contribution in [0.1, 0.15) is 72.6 Å². The zero-order chi connectivity index (χ0) is 24.8. The number of Topliss-reactive ketones (excluding diaryl/α,β-unsaturated/α-hetero) is 1. The molecule has 2 aromatic carbocycles. The summed E-state index contributed by atoms with van der Waals surface area (Å²) in [7, 11) is 0. The lowest BCUT2D eigenvalue weighted by molar-refractivity contribution is -0.143. The van der Waals surface area contributed by atoms with Crippen LogP contribution in [0.25, 0.3) is 0 Å². The third kappa shape index (κ3) is 10.3. The van der Waals surface area contributed by atoms with Crippen LogP contribution in [0.15, 0.2) is 53.0 Å². The van der Waals surface area contributed by atoms with Gasteiger partial charge in [-0.15, -0.1) is 0 Å². The van der Waals surface area contributed by atoms with Crippen molar-refractivity contribution in [3.8, 4) is 0 Å². The van der Waals surface area contributed by atoms with Gasteiger partial charge in [-0.05, 0) is 42.8 Å². The number of ether oxygens (including phenoxy) is 2. The summed E-state index contributed by atoms with van der Waals surface area (Å²) in [5.41, 5.74) is 1.35. The van der Waals surface area contributed by atoms with E-state index in [1.54, 1.807) is 48.5 Å². The molecule has 0 atom stereocenters. The number of anilines is 1. The Labute approximate surface area is 208 Å². The first kappa shape index (κ1) is 27.2. The van der Waals surface area contributed by atoms with E-state index in [0.29, 0.717) is 23.4 Å². The summed E-state index contributed by atoms with van der Waals surface area (Å²) in [4.78, 5) is 48.0. The number of carbonyl (C=O) groups excluding carboxylic acids is 4. The van der Waals surface area contributed by atoms with Crippen LogP contribution in [-0.4, -0.2) is 36.8 Å². The zero-order valence-electron chi connectivity index (χ0n) is 19.3. The molecule has 0 saturated carbocycles. The standard InChI is InChI=1S/C26H30BrNO6/c1-2-3-4-5-6-17-33-26(32)20-9-13-22(14-10-20)28-24(30)15-16-25(31)34-18-23(29)19-7-11-21(27)12-8-19/h7-14H,2-6,15-18H2,1H3,(H,28,30). The van der Waals surface area contributed by atoms with Crippen molar-refractivity contribution >= 4 is 45.2 Å². The fraction of sp³-hybridized carbons (Fsp3) is 0.385. The summed E-state index contributed by atoms with van der Waals surface area (Å²) < 4.78 is 11.1. The number of benzene rings is 2. The molecule has 0 heterocycles. The van der Waals surface area contributed by atoms with Gasteiger partial charge >= 0.3 is 11.9 Å². The Morgan fingerprint density at radius 2 is 1.44 bits per heavy atom. The van der Waals surface area contributed by atoms with Crippen molar-refractivity contribution in [2.24, 2.45) is 0 Å². The molecule has 0 bridgehead atoms. The zero-order valence-corrected chi connectivity index (χ0v) is 20.9. The van der Waals surface area contributed by atoms with E-state index >= 15 is 0 Å². The molecular formula is C26H30BrNO6. The number of halogens is 1. The van der Waals surface area contributed by atoms with E-state index in [2.05, 4.69) is 28.2 Å². The molecule has 1 N–H and O–H groups in total. The van der Waals surface area contributed by atoms with Crippen LogP contribution in [0.3, 0.4) is 0 Å². The molecule has 0 aliphatic rings. The van der Waals surface area contributed by atoms with Crippen LogP contribution in [0.4, 0.5) is 5.69 Å². The summed E-state index contributed by atoms with van der Waals surface area (Å²) in [6.07, 6.45) is 5.15. The van der Waals surface area contributed by atoms with E-state index in [9.17, 15) is 19.2 Å². The molecule has 34 heavy (non-hydrogen) atoms. The molecule has 1 amide bonds. The van der Waals surface area contributed by atoms with Crippen LogP contribution in [0, 0.1) is 0 Å². The number of unbranched alkanes of at least 4 members (excludes halogenated alkanes) is 4. The van der Waals surface area contributed by atoms with Crippen LogP contribution in [0.5, 0.6) is 0 Å². The van der Waals surface area contributed by atoms with Crippen molar-refractivity contribution in [1.29, 1.82) is 0 Å². The van der Waals surface area contributed by atoms with Gasteiger partial charge in [-0.25, -0.2) is 4.79 Å². The molecule has 0 aromatic heterocycles. The van der Waals surface area contributed by atoms with Crippen LogP contribution in [0.2, 0.25) is 0 Å². The molecule has 7 nitrogen and oxygen atoms in total. The average Bonchev–Trinajstić information content (AvgIpc) is 2.84. The molecule has 0 radical (unpaired) electrons.